The highest BCUT2D eigenvalue weighted by Gasteiger charge is 2.28. The smallest absolute Gasteiger partial charge is 0.422 e. The minimum Gasteiger partial charge on any atom is -0.482 e. The minimum absolute atomic E-state index is 0.250. The Balaban J connectivity index is 2.68. The third kappa shape index (κ3) is 6.17. The number of nitrogens with one attached hydrogen (secondary N) is 1. The van der Waals surface area contributed by atoms with Gasteiger partial charge in [0.2, 0.25) is 0 Å². The Bertz CT molecular complexity index is 393. The first-order valence-electron chi connectivity index (χ1n) is 7.01. The van der Waals surface area contributed by atoms with Crippen LogP contribution < -0.4 is 10.1 Å². The summed E-state index contributed by atoms with van der Waals surface area (Å²) in [5.41, 5.74) is 0.625. The van der Waals surface area contributed by atoms with Crippen LogP contribution in [-0.2, 0) is 0 Å². The zero-order valence-electron chi connectivity index (χ0n) is 12.0. The predicted molar refractivity (Wildman–Crippen MR) is 75.2 cm³/mol. The molecule has 0 aliphatic carbocycles. The lowest BCUT2D eigenvalue weighted by atomic mass is 10.1. The number of halogens is 3. The van der Waals surface area contributed by atoms with Gasteiger partial charge in [0.1, 0.15) is 5.75 Å². The van der Waals surface area contributed by atoms with E-state index in [4.69, 9.17) is 4.74 Å². The first-order valence-corrected chi connectivity index (χ1v) is 7.01. The molecule has 0 saturated heterocycles. The number of para-hydroxylation sites is 2. The van der Waals surface area contributed by atoms with Gasteiger partial charge in [-0.15, -0.1) is 0 Å². The molecule has 0 spiro atoms. The maximum absolute atomic E-state index is 12.2. The van der Waals surface area contributed by atoms with Crippen LogP contribution in [0.5, 0.6) is 5.75 Å². The quantitative estimate of drug-likeness (QED) is 0.726. The molecule has 1 aromatic rings. The maximum atomic E-state index is 12.2. The summed E-state index contributed by atoms with van der Waals surface area (Å²) in [6.07, 6.45) is -0.199. The fourth-order valence-electron chi connectivity index (χ4n) is 1.92. The molecule has 1 N–H and O–H groups in total. The van der Waals surface area contributed by atoms with E-state index in [0.717, 1.165) is 25.7 Å². The van der Waals surface area contributed by atoms with E-state index >= 15 is 0 Å². The van der Waals surface area contributed by atoms with Crippen molar-refractivity contribution in [3.8, 4) is 5.75 Å². The van der Waals surface area contributed by atoms with Crippen LogP contribution in [0.25, 0.3) is 0 Å². The van der Waals surface area contributed by atoms with Crippen molar-refractivity contribution in [2.75, 3.05) is 11.9 Å². The van der Waals surface area contributed by atoms with Gasteiger partial charge in [0.05, 0.1) is 5.69 Å². The Hall–Kier alpha value is -1.39. The van der Waals surface area contributed by atoms with Crippen LogP contribution in [0.3, 0.4) is 0 Å². The maximum Gasteiger partial charge on any atom is 0.422 e. The first kappa shape index (κ1) is 16.7. The van der Waals surface area contributed by atoms with Gasteiger partial charge in [-0.3, -0.25) is 0 Å². The Kier molecular flexibility index (Phi) is 6.68. The number of ether oxygens (including phenoxy) is 1. The van der Waals surface area contributed by atoms with Crippen LogP contribution in [0.1, 0.15) is 39.5 Å². The van der Waals surface area contributed by atoms with Gasteiger partial charge in [-0.2, -0.15) is 13.2 Å². The summed E-state index contributed by atoms with van der Waals surface area (Å²) in [4.78, 5) is 0. The zero-order valence-corrected chi connectivity index (χ0v) is 12.0. The third-order valence-corrected chi connectivity index (χ3v) is 3.04. The molecule has 0 radical (unpaired) electrons. The highest BCUT2D eigenvalue weighted by Crippen LogP contribution is 2.27. The lowest BCUT2D eigenvalue weighted by Crippen LogP contribution is -2.22. The van der Waals surface area contributed by atoms with Crippen molar-refractivity contribution >= 4 is 5.69 Å². The van der Waals surface area contributed by atoms with Crippen molar-refractivity contribution in [2.24, 2.45) is 0 Å². The predicted octanol–water partition coefficient (Wildman–Crippen LogP) is 5.01. The van der Waals surface area contributed by atoms with Gasteiger partial charge in [-0.05, 0) is 25.0 Å². The van der Waals surface area contributed by atoms with E-state index in [2.05, 4.69) is 19.2 Å². The molecule has 1 atom stereocenters. The molecule has 2 nitrogen and oxygen atoms in total. The molecular formula is C15H22F3NO. The molecule has 0 saturated carbocycles. The largest absolute Gasteiger partial charge is 0.482 e. The van der Waals surface area contributed by atoms with E-state index < -0.39 is 12.8 Å². The molecule has 0 aliphatic heterocycles. The fourth-order valence-corrected chi connectivity index (χ4v) is 1.92. The molecule has 114 valence electrons. The Morgan fingerprint density at radius 3 is 2.50 bits per heavy atom. The monoisotopic (exact) mass is 289 g/mol. The number of hydrogen-bond donors (Lipinski definition) is 1. The van der Waals surface area contributed by atoms with Gasteiger partial charge < -0.3 is 10.1 Å². The summed E-state index contributed by atoms with van der Waals surface area (Å²) in [5.74, 6) is 0.250. The summed E-state index contributed by atoms with van der Waals surface area (Å²) >= 11 is 0. The second kappa shape index (κ2) is 8.02. The van der Waals surface area contributed by atoms with Gasteiger partial charge in [-0.25, -0.2) is 0 Å². The van der Waals surface area contributed by atoms with Crippen LogP contribution in [-0.4, -0.2) is 18.8 Å². The number of benzene rings is 1. The Morgan fingerprint density at radius 1 is 1.20 bits per heavy atom. The third-order valence-electron chi connectivity index (χ3n) is 3.04. The van der Waals surface area contributed by atoms with E-state index in [-0.39, 0.29) is 11.8 Å². The molecule has 0 bridgehead atoms. The second-order valence-electron chi connectivity index (χ2n) is 4.79. The highest BCUT2D eigenvalue weighted by atomic mass is 19.4. The van der Waals surface area contributed by atoms with E-state index in [0.29, 0.717) is 5.69 Å². The molecule has 1 unspecified atom stereocenters. The van der Waals surface area contributed by atoms with E-state index in [1.807, 2.05) is 0 Å². The standard InChI is InChI=1S/C15H22F3NO/c1-3-5-8-12(4-2)19-13-9-6-7-10-14(13)20-11-15(16,17)18/h6-7,9-10,12,19H,3-5,8,11H2,1-2H3. The summed E-state index contributed by atoms with van der Waals surface area (Å²) < 4.78 is 41.5. The molecular weight excluding hydrogens is 267 g/mol. The fraction of sp³-hybridized carbons (Fsp3) is 0.600. The van der Waals surface area contributed by atoms with Crippen molar-refractivity contribution in [1.29, 1.82) is 0 Å². The van der Waals surface area contributed by atoms with Crippen molar-refractivity contribution in [3.63, 3.8) is 0 Å². The topological polar surface area (TPSA) is 21.3 Å². The summed E-state index contributed by atoms with van der Waals surface area (Å²) in [7, 11) is 0. The Labute approximate surface area is 118 Å². The molecule has 5 heteroatoms. The number of anilines is 1. The van der Waals surface area contributed by atoms with Crippen molar-refractivity contribution in [3.05, 3.63) is 24.3 Å². The van der Waals surface area contributed by atoms with Crippen LogP contribution in [0.15, 0.2) is 24.3 Å². The molecule has 1 aromatic carbocycles. The van der Waals surface area contributed by atoms with Gasteiger partial charge in [0.25, 0.3) is 0 Å². The van der Waals surface area contributed by atoms with E-state index in [1.54, 1.807) is 24.3 Å². The van der Waals surface area contributed by atoms with Crippen molar-refractivity contribution in [2.45, 2.75) is 51.7 Å². The first-order chi connectivity index (χ1) is 9.46. The van der Waals surface area contributed by atoms with Crippen LogP contribution in [0.2, 0.25) is 0 Å². The molecule has 0 fully saturated rings. The zero-order chi connectivity index (χ0) is 15.0. The van der Waals surface area contributed by atoms with Gasteiger partial charge in [-0.1, -0.05) is 38.8 Å². The summed E-state index contributed by atoms with van der Waals surface area (Å²) in [6.45, 7) is 2.91. The molecule has 0 aromatic heterocycles. The Morgan fingerprint density at radius 2 is 1.90 bits per heavy atom. The molecule has 20 heavy (non-hydrogen) atoms. The van der Waals surface area contributed by atoms with Crippen LogP contribution in [0.4, 0.5) is 18.9 Å². The summed E-state index contributed by atoms with van der Waals surface area (Å²) in [5, 5.41) is 3.28. The second-order valence-corrected chi connectivity index (χ2v) is 4.79. The highest BCUT2D eigenvalue weighted by molar-refractivity contribution is 5.56. The number of hydrogen-bond acceptors (Lipinski definition) is 2. The number of alkyl halides is 3. The van der Waals surface area contributed by atoms with E-state index in [9.17, 15) is 13.2 Å². The SMILES string of the molecule is CCCCC(CC)Nc1ccccc1OCC(F)(F)F. The summed E-state index contributed by atoms with van der Waals surface area (Å²) in [6, 6.07) is 7.02. The number of rotatable bonds is 8. The van der Waals surface area contributed by atoms with Crippen molar-refractivity contribution in [1.82, 2.24) is 0 Å². The van der Waals surface area contributed by atoms with Crippen molar-refractivity contribution < 1.29 is 17.9 Å². The average molecular weight is 289 g/mol. The molecule has 1 rings (SSSR count). The van der Waals surface area contributed by atoms with E-state index in [1.165, 1.54) is 0 Å². The lowest BCUT2D eigenvalue weighted by molar-refractivity contribution is -0.153. The molecule has 0 amide bonds. The van der Waals surface area contributed by atoms with Crippen LogP contribution >= 0.6 is 0 Å². The van der Waals surface area contributed by atoms with Gasteiger partial charge in [0, 0.05) is 6.04 Å². The van der Waals surface area contributed by atoms with Gasteiger partial charge in [0.15, 0.2) is 6.61 Å². The normalized spacial score (nSPS) is 13.1. The lowest BCUT2D eigenvalue weighted by Gasteiger charge is -2.20. The molecule has 0 aliphatic rings. The van der Waals surface area contributed by atoms with Crippen LogP contribution in [0, 0.1) is 0 Å². The molecule has 0 heterocycles. The van der Waals surface area contributed by atoms with Gasteiger partial charge >= 0.3 is 6.18 Å². The number of unbranched alkanes of at least 4 members (excludes halogenated alkanes) is 1. The average Bonchev–Trinajstić information content (AvgIpc) is 2.41. The minimum atomic E-state index is -4.32.